The number of pyridine rings is 1. The highest BCUT2D eigenvalue weighted by atomic mass is 35.5. The maximum atomic E-state index is 6.29. The maximum Gasteiger partial charge on any atom is 0.146 e. The molecule has 1 N–H and O–H groups in total. The molecule has 130 valence electrons. The molecule has 1 aliphatic rings. The summed E-state index contributed by atoms with van der Waals surface area (Å²) in [6.07, 6.45) is 10.4. The van der Waals surface area contributed by atoms with Gasteiger partial charge in [-0.3, -0.25) is 0 Å². The van der Waals surface area contributed by atoms with Gasteiger partial charge in [0.1, 0.15) is 11.4 Å². The summed E-state index contributed by atoms with van der Waals surface area (Å²) in [4.78, 5) is 4.59. The minimum atomic E-state index is 0.568. The number of anilines is 1. The minimum Gasteiger partial charge on any atom is -0.495 e. The van der Waals surface area contributed by atoms with Crippen LogP contribution < -0.4 is 10.1 Å². The van der Waals surface area contributed by atoms with Gasteiger partial charge in [-0.05, 0) is 43.2 Å². The third kappa shape index (κ3) is 3.19. The van der Waals surface area contributed by atoms with Crippen LogP contribution in [0.15, 0.2) is 42.7 Å². The van der Waals surface area contributed by atoms with Crippen LogP contribution >= 0.6 is 11.6 Å². The summed E-state index contributed by atoms with van der Waals surface area (Å²) < 4.78 is 7.30. The number of benzene rings is 1. The molecule has 0 saturated heterocycles. The molecule has 4 nitrogen and oxygen atoms in total. The van der Waals surface area contributed by atoms with Crippen LogP contribution in [-0.4, -0.2) is 22.7 Å². The van der Waals surface area contributed by atoms with Crippen LogP contribution in [0.4, 0.5) is 5.69 Å². The fourth-order valence-electron chi connectivity index (χ4n) is 3.64. The fraction of sp³-hybridized carbons (Fsp3) is 0.350. The Labute approximate surface area is 152 Å². The summed E-state index contributed by atoms with van der Waals surface area (Å²) in [5, 5.41) is 5.45. The molecule has 0 amide bonds. The Morgan fingerprint density at radius 1 is 1.16 bits per heavy atom. The number of hydrogen-bond acceptors (Lipinski definition) is 3. The Morgan fingerprint density at radius 3 is 2.76 bits per heavy atom. The number of fused-ring (bicyclic) bond motifs is 1. The molecule has 25 heavy (non-hydrogen) atoms. The SMILES string of the molecule is COc1ccc(-n2ccc3c(NC4CCCCC4)ccnc32)cc1Cl. The molecule has 0 radical (unpaired) electrons. The van der Waals surface area contributed by atoms with Crippen LogP contribution in [0.2, 0.25) is 5.02 Å². The molecular formula is C20H22ClN3O. The highest BCUT2D eigenvalue weighted by Crippen LogP contribution is 2.31. The first-order valence-electron chi connectivity index (χ1n) is 8.83. The van der Waals surface area contributed by atoms with E-state index < -0.39 is 0 Å². The molecule has 0 spiro atoms. The van der Waals surface area contributed by atoms with Crippen molar-refractivity contribution in [2.75, 3.05) is 12.4 Å². The molecule has 1 aliphatic carbocycles. The van der Waals surface area contributed by atoms with Gasteiger partial charge in [0.05, 0.1) is 12.1 Å². The number of rotatable bonds is 4. The van der Waals surface area contributed by atoms with Crippen LogP contribution in [-0.2, 0) is 0 Å². The summed E-state index contributed by atoms with van der Waals surface area (Å²) in [7, 11) is 1.62. The van der Waals surface area contributed by atoms with Gasteiger partial charge in [-0.15, -0.1) is 0 Å². The van der Waals surface area contributed by atoms with E-state index in [-0.39, 0.29) is 0 Å². The summed E-state index contributed by atoms with van der Waals surface area (Å²) in [6.45, 7) is 0. The number of ether oxygens (including phenoxy) is 1. The van der Waals surface area contributed by atoms with Crippen molar-refractivity contribution >= 4 is 28.3 Å². The molecule has 0 unspecified atom stereocenters. The predicted molar refractivity (Wildman–Crippen MR) is 103 cm³/mol. The number of methoxy groups -OCH3 is 1. The number of nitrogens with one attached hydrogen (secondary N) is 1. The fourth-order valence-corrected chi connectivity index (χ4v) is 3.90. The molecule has 2 aromatic heterocycles. The van der Waals surface area contributed by atoms with E-state index in [0.717, 1.165) is 22.4 Å². The van der Waals surface area contributed by atoms with E-state index in [1.54, 1.807) is 7.11 Å². The van der Waals surface area contributed by atoms with Crippen molar-refractivity contribution in [2.24, 2.45) is 0 Å². The zero-order valence-corrected chi connectivity index (χ0v) is 15.1. The van der Waals surface area contributed by atoms with Crippen molar-refractivity contribution in [1.29, 1.82) is 0 Å². The van der Waals surface area contributed by atoms with Gasteiger partial charge < -0.3 is 14.6 Å². The molecule has 1 saturated carbocycles. The molecule has 3 aromatic rings. The summed E-state index contributed by atoms with van der Waals surface area (Å²) in [5.41, 5.74) is 3.07. The number of halogens is 1. The van der Waals surface area contributed by atoms with Crippen LogP contribution in [0.1, 0.15) is 32.1 Å². The van der Waals surface area contributed by atoms with Gasteiger partial charge in [0.25, 0.3) is 0 Å². The summed E-state index contributed by atoms with van der Waals surface area (Å²) >= 11 is 6.29. The Balaban J connectivity index is 1.70. The monoisotopic (exact) mass is 355 g/mol. The van der Waals surface area contributed by atoms with E-state index in [4.69, 9.17) is 16.3 Å². The van der Waals surface area contributed by atoms with Gasteiger partial charge >= 0.3 is 0 Å². The van der Waals surface area contributed by atoms with Gasteiger partial charge in [0.2, 0.25) is 0 Å². The van der Waals surface area contributed by atoms with Gasteiger partial charge in [-0.1, -0.05) is 30.9 Å². The van der Waals surface area contributed by atoms with E-state index in [9.17, 15) is 0 Å². The molecular weight excluding hydrogens is 334 g/mol. The first-order valence-corrected chi connectivity index (χ1v) is 9.20. The van der Waals surface area contributed by atoms with Crippen molar-refractivity contribution in [2.45, 2.75) is 38.1 Å². The summed E-state index contributed by atoms with van der Waals surface area (Å²) in [5.74, 6) is 0.675. The molecule has 4 rings (SSSR count). The predicted octanol–water partition coefficient (Wildman–Crippen LogP) is 5.43. The quantitative estimate of drug-likeness (QED) is 0.678. The van der Waals surface area contributed by atoms with Gasteiger partial charge in [0.15, 0.2) is 0 Å². The minimum absolute atomic E-state index is 0.568. The van der Waals surface area contributed by atoms with Crippen molar-refractivity contribution in [3.8, 4) is 11.4 Å². The van der Waals surface area contributed by atoms with Crippen LogP contribution in [0.25, 0.3) is 16.7 Å². The van der Waals surface area contributed by atoms with Crippen molar-refractivity contribution in [3.63, 3.8) is 0 Å². The van der Waals surface area contributed by atoms with E-state index in [2.05, 4.69) is 27.0 Å². The molecule has 1 aromatic carbocycles. The average molecular weight is 356 g/mol. The zero-order valence-electron chi connectivity index (χ0n) is 14.3. The number of nitrogens with zero attached hydrogens (tertiary/aromatic N) is 2. The van der Waals surface area contributed by atoms with E-state index in [1.807, 2.05) is 30.6 Å². The van der Waals surface area contributed by atoms with Crippen molar-refractivity contribution in [1.82, 2.24) is 9.55 Å². The maximum absolute atomic E-state index is 6.29. The molecule has 0 atom stereocenters. The van der Waals surface area contributed by atoms with Crippen molar-refractivity contribution < 1.29 is 4.74 Å². The molecule has 1 fully saturated rings. The Hall–Kier alpha value is -2.20. The Kier molecular flexibility index (Phi) is 4.53. The second-order valence-corrected chi connectivity index (χ2v) is 6.99. The van der Waals surface area contributed by atoms with E-state index in [0.29, 0.717) is 16.8 Å². The second-order valence-electron chi connectivity index (χ2n) is 6.58. The van der Waals surface area contributed by atoms with Gasteiger partial charge in [-0.25, -0.2) is 4.98 Å². The normalized spacial score (nSPS) is 15.4. The van der Waals surface area contributed by atoms with Crippen LogP contribution in [0, 0.1) is 0 Å². The topological polar surface area (TPSA) is 39.1 Å². The van der Waals surface area contributed by atoms with E-state index >= 15 is 0 Å². The van der Waals surface area contributed by atoms with Gasteiger partial charge in [-0.2, -0.15) is 0 Å². The lowest BCUT2D eigenvalue weighted by atomic mass is 9.95. The standard InChI is InChI=1S/C20H22ClN3O/c1-25-19-8-7-15(13-17(19)21)24-12-10-16-18(9-11-22-20(16)24)23-14-5-3-2-4-6-14/h7-14H,2-6H2,1H3,(H,22,23). The third-order valence-electron chi connectivity index (χ3n) is 4.97. The van der Waals surface area contributed by atoms with E-state index in [1.165, 1.54) is 32.1 Å². The van der Waals surface area contributed by atoms with Gasteiger partial charge in [0, 0.05) is 35.2 Å². The number of aromatic nitrogens is 2. The largest absolute Gasteiger partial charge is 0.495 e. The lowest BCUT2D eigenvalue weighted by molar-refractivity contribution is 0.415. The average Bonchev–Trinajstić information content (AvgIpc) is 3.08. The van der Waals surface area contributed by atoms with Crippen LogP contribution in [0.5, 0.6) is 5.75 Å². The Morgan fingerprint density at radius 2 is 2.00 bits per heavy atom. The highest BCUT2D eigenvalue weighted by Gasteiger charge is 2.15. The van der Waals surface area contributed by atoms with Crippen LogP contribution in [0.3, 0.4) is 0 Å². The molecule has 5 heteroatoms. The number of hydrogen-bond donors (Lipinski definition) is 1. The van der Waals surface area contributed by atoms with Crippen molar-refractivity contribution in [3.05, 3.63) is 47.7 Å². The molecule has 0 aliphatic heterocycles. The first-order chi connectivity index (χ1) is 12.3. The molecule has 0 bridgehead atoms. The smallest absolute Gasteiger partial charge is 0.146 e. The molecule has 2 heterocycles. The highest BCUT2D eigenvalue weighted by molar-refractivity contribution is 6.32. The first kappa shape index (κ1) is 16.3. The Bertz CT molecular complexity index is 884. The lowest BCUT2D eigenvalue weighted by Gasteiger charge is -2.24. The summed E-state index contributed by atoms with van der Waals surface area (Å²) in [6, 6.07) is 10.5. The third-order valence-corrected chi connectivity index (χ3v) is 5.26. The lowest BCUT2D eigenvalue weighted by Crippen LogP contribution is -2.22. The zero-order chi connectivity index (χ0) is 17.2. The second kappa shape index (κ2) is 6.96.